The Balaban J connectivity index is 1.91. The lowest BCUT2D eigenvalue weighted by Gasteiger charge is -2.38. The van der Waals surface area contributed by atoms with Crippen molar-refractivity contribution in [2.24, 2.45) is 5.92 Å². The van der Waals surface area contributed by atoms with Crippen LogP contribution in [0.4, 0.5) is 10.1 Å². The Labute approximate surface area is 284 Å². The molecular formula is C32H29Cl4FN6O3. The van der Waals surface area contributed by atoms with E-state index in [-0.39, 0.29) is 50.4 Å². The largest absolute Gasteiger partial charge is 0.506 e. The number of phenols is 1. The number of allylic oxidation sites excluding steroid dienone is 2. The van der Waals surface area contributed by atoms with Gasteiger partial charge in [0.1, 0.15) is 28.1 Å². The molecule has 5 rings (SSSR count). The highest BCUT2D eigenvalue weighted by atomic mass is 35.5. The zero-order valence-corrected chi connectivity index (χ0v) is 28.4. The molecule has 2 aliphatic rings. The molecule has 0 unspecified atom stereocenters. The van der Waals surface area contributed by atoms with E-state index in [9.17, 15) is 24.3 Å². The van der Waals surface area contributed by atoms with Crippen LogP contribution in [0.5, 0.6) is 5.75 Å². The number of amides is 1. The van der Waals surface area contributed by atoms with Crippen molar-refractivity contribution in [2.45, 2.75) is 26.8 Å². The number of hydrogen-bond donors (Lipinski definition) is 1. The van der Waals surface area contributed by atoms with Gasteiger partial charge in [0.15, 0.2) is 5.82 Å². The van der Waals surface area contributed by atoms with E-state index in [1.807, 2.05) is 49.9 Å². The number of aromatic hydroxyl groups is 1. The number of nitrogens with zero attached hydrogens (tertiary/aromatic N) is 6. The molecule has 1 amide bonds. The van der Waals surface area contributed by atoms with Crippen molar-refractivity contribution < 1.29 is 14.3 Å². The van der Waals surface area contributed by atoms with Crippen molar-refractivity contribution in [3.8, 4) is 23.1 Å². The fraction of sp³-hybridized carbons (Fsp3) is 0.312. The molecule has 240 valence electrons. The van der Waals surface area contributed by atoms with E-state index in [0.717, 1.165) is 5.57 Å². The monoisotopic (exact) mass is 704 g/mol. The van der Waals surface area contributed by atoms with E-state index in [1.54, 1.807) is 4.90 Å². The van der Waals surface area contributed by atoms with Crippen molar-refractivity contribution in [2.75, 3.05) is 38.1 Å². The van der Waals surface area contributed by atoms with Gasteiger partial charge in [-0.1, -0.05) is 66.8 Å². The summed E-state index contributed by atoms with van der Waals surface area (Å²) in [6, 6.07) is 3.34. The zero-order valence-electron chi connectivity index (χ0n) is 25.3. The normalized spacial score (nSPS) is 16.9. The van der Waals surface area contributed by atoms with Gasteiger partial charge in [-0.05, 0) is 42.8 Å². The van der Waals surface area contributed by atoms with Crippen molar-refractivity contribution in [1.82, 2.24) is 19.4 Å². The van der Waals surface area contributed by atoms with E-state index in [4.69, 9.17) is 51.4 Å². The number of aromatic nitrogens is 2. The molecule has 1 saturated heterocycles. The SMILES string of the molecule is C=CC(=O)N1CCN(c2c(C#N)c(=O)n(C3=C(C)C=CN(C)[C@@H]3C(C)C)c3nc(-c4c(O)c(Cl)c(F)c(Cl)c4Cl)c(Cl)cc23)CC1. The van der Waals surface area contributed by atoms with Gasteiger partial charge < -0.3 is 19.8 Å². The van der Waals surface area contributed by atoms with E-state index in [2.05, 4.69) is 12.6 Å². The predicted molar refractivity (Wildman–Crippen MR) is 181 cm³/mol. The second-order valence-corrected chi connectivity index (χ2v) is 12.9. The number of carbonyl (C=O) groups is 1. The van der Waals surface area contributed by atoms with E-state index in [0.29, 0.717) is 42.9 Å². The van der Waals surface area contributed by atoms with Crippen LogP contribution in [0.3, 0.4) is 0 Å². The maximum Gasteiger partial charge on any atom is 0.276 e. The average molecular weight is 706 g/mol. The number of hydrogen-bond acceptors (Lipinski definition) is 7. The molecule has 2 aromatic heterocycles. The fourth-order valence-electron chi connectivity index (χ4n) is 6.14. The minimum Gasteiger partial charge on any atom is -0.506 e. The van der Waals surface area contributed by atoms with Crippen LogP contribution in [-0.4, -0.2) is 69.6 Å². The molecule has 14 heteroatoms. The first-order valence-electron chi connectivity index (χ1n) is 14.3. The van der Waals surface area contributed by atoms with Gasteiger partial charge in [0, 0.05) is 38.6 Å². The van der Waals surface area contributed by atoms with Gasteiger partial charge >= 0.3 is 0 Å². The van der Waals surface area contributed by atoms with Crippen LogP contribution >= 0.6 is 46.4 Å². The molecule has 0 spiro atoms. The molecule has 4 heterocycles. The third kappa shape index (κ3) is 5.39. The average Bonchev–Trinajstić information content (AvgIpc) is 3.03. The maximum absolute atomic E-state index is 14.6. The molecule has 1 atom stereocenters. The third-order valence-electron chi connectivity index (χ3n) is 8.30. The van der Waals surface area contributed by atoms with E-state index in [1.165, 1.54) is 16.7 Å². The summed E-state index contributed by atoms with van der Waals surface area (Å²) in [5.74, 6) is -2.05. The third-order valence-corrected chi connectivity index (χ3v) is 9.77. The van der Waals surface area contributed by atoms with Crippen molar-refractivity contribution in [1.29, 1.82) is 5.26 Å². The lowest BCUT2D eigenvalue weighted by atomic mass is 9.93. The summed E-state index contributed by atoms with van der Waals surface area (Å²) in [7, 11) is 1.89. The van der Waals surface area contributed by atoms with Gasteiger partial charge in [0.2, 0.25) is 5.91 Å². The molecule has 0 saturated carbocycles. The molecule has 9 nitrogen and oxygen atoms in total. The quantitative estimate of drug-likeness (QED) is 0.174. The molecule has 3 aromatic rings. The van der Waals surface area contributed by atoms with Crippen LogP contribution in [-0.2, 0) is 4.79 Å². The Morgan fingerprint density at radius 2 is 1.83 bits per heavy atom. The van der Waals surface area contributed by atoms with Gasteiger partial charge in [-0.25, -0.2) is 9.37 Å². The highest BCUT2D eigenvalue weighted by Crippen LogP contribution is 2.49. The van der Waals surface area contributed by atoms with E-state index < -0.39 is 27.2 Å². The Morgan fingerprint density at radius 3 is 2.41 bits per heavy atom. The molecule has 0 radical (unpaired) electrons. The molecular weight excluding hydrogens is 677 g/mol. The van der Waals surface area contributed by atoms with Crippen molar-refractivity contribution in [3.05, 3.63) is 78.4 Å². The van der Waals surface area contributed by atoms with Crippen LogP contribution in [0.15, 0.2) is 41.4 Å². The Hall–Kier alpha value is -3.75. The standard InChI is InChI=1S/C32H29Cl4FN6O3/c1-6-20(44)41-9-11-42(12-10-41)29-17-13-19(33)26(21-22(34)23(35)25(37)24(36)30(21)45)39-31(17)43(32(46)18(29)14-38)28-16(4)7-8-40(5)27(28)15(2)3/h6-8,13,15,27,45H,1,9-12H2,2-5H3/t27-/m1/s1. The summed E-state index contributed by atoms with van der Waals surface area (Å²) >= 11 is 25.5. The fourth-order valence-corrected chi connectivity index (χ4v) is 7.07. The molecule has 1 N–H and O–H groups in total. The lowest BCUT2D eigenvalue weighted by molar-refractivity contribution is -0.126. The van der Waals surface area contributed by atoms with Crippen LogP contribution in [0, 0.1) is 23.1 Å². The van der Waals surface area contributed by atoms with Crippen LogP contribution < -0.4 is 10.5 Å². The number of piperazine rings is 1. The number of anilines is 1. The first-order chi connectivity index (χ1) is 21.7. The van der Waals surface area contributed by atoms with E-state index >= 15 is 0 Å². The Kier molecular flexibility index (Phi) is 9.35. The highest BCUT2D eigenvalue weighted by molar-refractivity contribution is 6.46. The summed E-state index contributed by atoms with van der Waals surface area (Å²) in [5, 5.41) is 20.1. The number of phenolic OH excluding ortho intramolecular Hbond substituents is 1. The van der Waals surface area contributed by atoms with Crippen molar-refractivity contribution in [3.63, 3.8) is 0 Å². The van der Waals surface area contributed by atoms with Gasteiger partial charge in [-0.2, -0.15) is 5.26 Å². The first kappa shape index (κ1) is 33.6. The minimum absolute atomic E-state index is 0.0162. The number of likely N-dealkylation sites (N-methyl/N-ethyl adjacent to an activating group) is 1. The first-order valence-corrected chi connectivity index (χ1v) is 15.8. The molecule has 2 aliphatic heterocycles. The van der Waals surface area contributed by atoms with Crippen molar-refractivity contribution >= 4 is 74.7 Å². The predicted octanol–water partition coefficient (Wildman–Crippen LogP) is 6.94. The summed E-state index contributed by atoms with van der Waals surface area (Å²) in [4.78, 5) is 37.1. The number of rotatable bonds is 5. The van der Waals surface area contributed by atoms with Crippen LogP contribution in [0.25, 0.3) is 28.0 Å². The number of carbonyl (C=O) groups excluding carboxylic acids is 1. The van der Waals surface area contributed by atoms with Gasteiger partial charge in [-0.15, -0.1) is 0 Å². The Morgan fingerprint density at radius 1 is 1.17 bits per heavy atom. The molecule has 1 fully saturated rings. The summed E-state index contributed by atoms with van der Waals surface area (Å²) < 4.78 is 16.0. The van der Waals surface area contributed by atoms with Crippen LogP contribution in [0.1, 0.15) is 26.3 Å². The number of fused-ring (bicyclic) bond motifs is 1. The minimum atomic E-state index is -1.11. The molecule has 46 heavy (non-hydrogen) atoms. The smallest absolute Gasteiger partial charge is 0.276 e. The van der Waals surface area contributed by atoms with Gasteiger partial charge in [0.05, 0.1) is 43.8 Å². The summed E-state index contributed by atoms with van der Waals surface area (Å²) in [6.07, 6.45) is 5.02. The second-order valence-electron chi connectivity index (χ2n) is 11.4. The van der Waals surface area contributed by atoms with Gasteiger partial charge in [0.25, 0.3) is 5.56 Å². The number of pyridine rings is 2. The lowest BCUT2D eigenvalue weighted by Crippen LogP contribution is -2.49. The van der Waals surface area contributed by atoms with Gasteiger partial charge in [-0.3, -0.25) is 14.2 Å². The summed E-state index contributed by atoms with van der Waals surface area (Å²) in [6.45, 7) is 10.7. The Bertz CT molecular complexity index is 1950. The van der Waals surface area contributed by atoms with Crippen LogP contribution in [0.2, 0.25) is 20.1 Å². The molecule has 1 aromatic carbocycles. The molecule has 0 aliphatic carbocycles. The number of benzene rings is 1. The number of halogens is 5. The zero-order chi connectivity index (χ0) is 33.8. The number of nitriles is 1. The highest BCUT2D eigenvalue weighted by Gasteiger charge is 2.34. The maximum atomic E-state index is 14.6. The second kappa shape index (κ2) is 12.8. The summed E-state index contributed by atoms with van der Waals surface area (Å²) in [5.41, 5.74) is 0.683. The molecule has 0 bridgehead atoms. The topological polar surface area (TPSA) is 106 Å².